The number of nitrogens with two attached hydrogens (primary N) is 2. The second-order valence-corrected chi connectivity index (χ2v) is 6.44. The second kappa shape index (κ2) is 14.3. The van der Waals surface area contributed by atoms with Crippen molar-refractivity contribution in [3.63, 3.8) is 0 Å². The van der Waals surface area contributed by atoms with Gasteiger partial charge >= 0.3 is 0 Å². The Morgan fingerprint density at radius 2 is 1.41 bits per heavy atom. The maximum absolute atomic E-state index is 12.6. The highest BCUT2D eigenvalue weighted by molar-refractivity contribution is 5.81. The van der Waals surface area contributed by atoms with Crippen LogP contribution in [0.15, 0.2) is 54.9 Å². The third-order valence-electron chi connectivity index (χ3n) is 4.36. The summed E-state index contributed by atoms with van der Waals surface area (Å²) >= 11 is 0. The number of benzene rings is 2. The van der Waals surface area contributed by atoms with Crippen molar-refractivity contribution in [2.45, 2.75) is 34.6 Å². The fourth-order valence-electron chi connectivity index (χ4n) is 2.74. The molecule has 0 spiro atoms. The van der Waals surface area contributed by atoms with Crippen LogP contribution in [-0.2, 0) is 0 Å². The number of aromatic nitrogens is 3. The van der Waals surface area contributed by atoms with Crippen molar-refractivity contribution >= 4 is 22.7 Å². The SMILES string of the molecule is CC.CC.COc1cc(OC)cc(-c2cnc3nc(N)ncc3c2)c1.Cc1cccc(N)c1F. The number of anilines is 2. The summed E-state index contributed by atoms with van der Waals surface area (Å²) in [6.45, 7) is 9.69. The maximum atomic E-state index is 12.6. The van der Waals surface area contributed by atoms with Crippen LogP contribution in [0, 0.1) is 12.7 Å². The zero-order chi connectivity index (χ0) is 25.7. The lowest BCUT2D eigenvalue weighted by Crippen LogP contribution is -1.96. The Morgan fingerprint density at radius 1 is 0.794 bits per heavy atom. The van der Waals surface area contributed by atoms with Gasteiger partial charge in [-0.2, -0.15) is 4.98 Å². The fraction of sp³-hybridized carbons (Fsp3) is 0.269. The number of hydrogen-bond donors (Lipinski definition) is 2. The molecular formula is C26H34FN5O2. The number of pyridine rings is 1. The molecule has 8 heteroatoms. The summed E-state index contributed by atoms with van der Waals surface area (Å²) in [5.74, 6) is 1.35. The van der Waals surface area contributed by atoms with Gasteiger partial charge in [0.25, 0.3) is 0 Å². The Morgan fingerprint density at radius 3 is 1.94 bits per heavy atom. The van der Waals surface area contributed by atoms with Gasteiger partial charge in [0.15, 0.2) is 5.65 Å². The number of aryl methyl sites for hydroxylation is 1. The van der Waals surface area contributed by atoms with Crippen molar-refractivity contribution in [2.24, 2.45) is 0 Å². The molecule has 0 bridgehead atoms. The van der Waals surface area contributed by atoms with E-state index in [1.54, 1.807) is 51.7 Å². The molecule has 0 aliphatic carbocycles. The first-order valence-electron chi connectivity index (χ1n) is 11.0. The van der Waals surface area contributed by atoms with E-state index >= 15 is 0 Å². The molecule has 0 fully saturated rings. The van der Waals surface area contributed by atoms with Gasteiger partial charge in [0.1, 0.15) is 17.3 Å². The Balaban J connectivity index is 0.000000373. The van der Waals surface area contributed by atoms with Crippen molar-refractivity contribution in [3.8, 4) is 22.6 Å². The molecule has 34 heavy (non-hydrogen) atoms. The molecule has 4 rings (SSSR count). The van der Waals surface area contributed by atoms with Crippen LogP contribution in [0.4, 0.5) is 16.0 Å². The molecule has 0 radical (unpaired) electrons. The Hall–Kier alpha value is -3.94. The van der Waals surface area contributed by atoms with Gasteiger partial charge in [-0.15, -0.1) is 0 Å². The second-order valence-electron chi connectivity index (χ2n) is 6.44. The summed E-state index contributed by atoms with van der Waals surface area (Å²) in [6.07, 6.45) is 3.40. The van der Waals surface area contributed by atoms with E-state index in [1.165, 1.54) is 0 Å². The van der Waals surface area contributed by atoms with Gasteiger partial charge in [-0.05, 0) is 42.3 Å². The molecule has 0 aliphatic heterocycles. The van der Waals surface area contributed by atoms with E-state index < -0.39 is 0 Å². The topological polar surface area (TPSA) is 109 Å². The van der Waals surface area contributed by atoms with Gasteiger partial charge in [0.05, 0.1) is 19.9 Å². The van der Waals surface area contributed by atoms with Crippen molar-refractivity contribution in [2.75, 3.05) is 25.7 Å². The number of fused-ring (bicyclic) bond motifs is 1. The van der Waals surface area contributed by atoms with Crippen LogP contribution in [0.25, 0.3) is 22.2 Å². The molecule has 0 saturated carbocycles. The van der Waals surface area contributed by atoms with Gasteiger partial charge in [-0.3, -0.25) is 0 Å². The minimum atomic E-state index is -0.308. The molecule has 182 valence electrons. The third kappa shape index (κ3) is 7.58. The zero-order valence-electron chi connectivity index (χ0n) is 20.9. The quantitative estimate of drug-likeness (QED) is 0.352. The van der Waals surface area contributed by atoms with E-state index in [1.807, 2.05) is 52.0 Å². The third-order valence-corrected chi connectivity index (χ3v) is 4.36. The lowest BCUT2D eigenvalue weighted by molar-refractivity contribution is 0.394. The summed E-state index contributed by atoms with van der Waals surface area (Å²) in [7, 11) is 3.24. The van der Waals surface area contributed by atoms with Gasteiger partial charge in [0.2, 0.25) is 5.95 Å². The van der Waals surface area contributed by atoms with Crippen LogP contribution in [0.3, 0.4) is 0 Å². The minimum absolute atomic E-state index is 0.214. The molecule has 0 aliphatic rings. The highest BCUT2D eigenvalue weighted by Crippen LogP contribution is 2.30. The molecule has 2 aromatic carbocycles. The molecule has 2 aromatic heterocycles. The normalized spacial score (nSPS) is 9.41. The number of nitrogens with zero attached hydrogens (tertiary/aromatic N) is 3. The van der Waals surface area contributed by atoms with Crippen LogP contribution in [-0.4, -0.2) is 29.2 Å². The first-order chi connectivity index (χ1) is 16.4. The van der Waals surface area contributed by atoms with Crippen molar-refractivity contribution in [3.05, 3.63) is 66.2 Å². The predicted octanol–water partition coefficient (Wildman–Crippen LogP) is 6.06. The Labute approximate surface area is 201 Å². The zero-order valence-corrected chi connectivity index (χ0v) is 20.9. The summed E-state index contributed by atoms with van der Waals surface area (Å²) in [6, 6.07) is 12.6. The van der Waals surface area contributed by atoms with E-state index in [0.717, 1.165) is 28.0 Å². The van der Waals surface area contributed by atoms with Crippen molar-refractivity contribution in [1.29, 1.82) is 0 Å². The molecule has 4 N–H and O–H groups in total. The molecular weight excluding hydrogens is 433 g/mol. The molecule has 2 heterocycles. The van der Waals surface area contributed by atoms with E-state index in [0.29, 0.717) is 11.2 Å². The van der Waals surface area contributed by atoms with Crippen LogP contribution < -0.4 is 20.9 Å². The number of hydrogen-bond acceptors (Lipinski definition) is 7. The number of halogens is 1. The number of nitrogen functional groups attached to an aromatic ring is 2. The molecule has 0 unspecified atom stereocenters. The first-order valence-corrected chi connectivity index (χ1v) is 11.0. The van der Waals surface area contributed by atoms with Crippen LogP contribution in [0.5, 0.6) is 11.5 Å². The van der Waals surface area contributed by atoms with Gasteiger partial charge < -0.3 is 20.9 Å². The fourth-order valence-corrected chi connectivity index (χ4v) is 2.74. The standard InChI is InChI=1S/C15H14N4O2.C7H8FN.2C2H6/c1-20-12-4-9(5-13(6-12)21-2)10-3-11-8-18-15(16)19-14(11)17-7-10;1-5-3-2-4-6(9)7(5)8;2*1-2/h3-8H,1-2H3,(H2,16,17,18,19);2-4H,9H2,1H3;2*1-2H3. The van der Waals surface area contributed by atoms with Gasteiger partial charge in [-0.25, -0.2) is 14.4 Å². The smallest absolute Gasteiger partial charge is 0.222 e. The largest absolute Gasteiger partial charge is 0.497 e. The van der Waals surface area contributed by atoms with Crippen molar-refractivity contribution in [1.82, 2.24) is 15.0 Å². The summed E-state index contributed by atoms with van der Waals surface area (Å²) in [4.78, 5) is 12.4. The molecule has 0 saturated heterocycles. The molecule has 4 aromatic rings. The molecule has 0 atom stereocenters. The maximum Gasteiger partial charge on any atom is 0.222 e. The lowest BCUT2D eigenvalue weighted by atomic mass is 10.1. The highest BCUT2D eigenvalue weighted by atomic mass is 19.1. The minimum Gasteiger partial charge on any atom is -0.497 e. The van der Waals surface area contributed by atoms with E-state index in [-0.39, 0.29) is 17.5 Å². The van der Waals surface area contributed by atoms with Crippen LogP contribution >= 0.6 is 0 Å². The Bertz CT molecular complexity index is 1140. The van der Waals surface area contributed by atoms with Crippen LogP contribution in [0.1, 0.15) is 33.3 Å². The van der Waals surface area contributed by atoms with E-state index in [4.69, 9.17) is 20.9 Å². The Kier molecular flexibility index (Phi) is 11.8. The summed E-state index contributed by atoms with van der Waals surface area (Å²) in [5, 5.41) is 0.823. The van der Waals surface area contributed by atoms with Crippen molar-refractivity contribution < 1.29 is 13.9 Å². The number of ether oxygens (including phenoxy) is 2. The molecule has 7 nitrogen and oxygen atoms in total. The summed E-state index contributed by atoms with van der Waals surface area (Å²) in [5.41, 5.74) is 14.0. The van der Waals surface area contributed by atoms with E-state index in [9.17, 15) is 4.39 Å². The first kappa shape index (κ1) is 28.1. The van der Waals surface area contributed by atoms with Crippen LogP contribution in [0.2, 0.25) is 0 Å². The van der Waals surface area contributed by atoms with Gasteiger partial charge in [0, 0.05) is 29.4 Å². The van der Waals surface area contributed by atoms with E-state index in [2.05, 4.69) is 15.0 Å². The van der Waals surface area contributed by atoms with Gasteiger partial charge in [-0.1, -0.05) is 39.8 Å². The average molecular weight is 468 g/mol. The number of methoxy groups -OCH3 is 2. The predicted molar refractivity (Wildman–Crippen MR) is 139 cm³/mol. The number of rotatable bonds is 3. The molecule has 0 amide bonds. The monoisotopic (exact) mass is 467 g/mol. The summed E-state index contributed by atoms with van der Waals surface area (Å²) < 4.78 is 23.2. The highest BCUT2D eigenvalue weighted by Gasteiger charge is 2.07. The lowest BCUT2D eigenvalue weighted by Gasteiger charge is -2.09. The average Bonchev–Trinajstić information content (AvgIpc) is 2.89.